The quantitative estimate of drug-likeness (QED) is 0.827. The van der Waals surface area contributed by atoms with Crippen LogP contribution in [0.4, 0.5) is 0 Å². The Labute approximate surface area is 139 Å². The Bertz CT molecular complexity index is 686. The number of carbonyl (C=O) groups excluding carboxylic acids is 2. The number of halogens is 1. The van der Waals surface area contributed by atoms with Gasteiger partial charge in [0, 0.05) is 10.6 Å². The molecule has 2 N–H and O–H groups in total. The van der Waals surface area contributed by atoms with Crippen LogP contribution in [0.2, 0.25) is 5.02 Å². The van der Waals surface area contributed by atoms with Crippen LogP contribution in [0.5, 0.6) is 5.75 Å². The zero-order valence-corrected chi connectivity index (χ0v) is 13.4. The van der Waals surface area contributed by atoms with Crippen molar-refractivity contribution in [2.24, 2.45) is 0 Å². The fourth-order valence-corrected chi connectivity index (χ4v) is 1.96. The summed E-state index contributed by atoms with van der Waals surface area (Å²) >= 11 is 5.75. The number of amides is 2. The Morgan fingerprint density at radius 2 is 1.83 bits per heavy atom. The summed E-state index contributed by atoms with van der Waals surface area (Å²) in [6, 6.07) is 13.9. The fraction of sp³-hybridized carbons (Fsp3) is 0.176. The molecular weight excluding hydrogens is 316 g/mol. The summed E-state index contributed by atoms with van der Waals surface area (Å²) in [6.07, 6.45) is 0.134. The van der Waals surface area contributed by atoms with Gasteiger partial charge in [-0.25, -0.2) is 0 Å². The standard InChI is InChI=1S/C17H17ClN2O3/c1-12-3-2-4-15(11-12)23-10-9-16(21)19-20-17(22)13-5-7-14(18)8-6-13/h2-8,11H,9-10H2,1H3,(H,19,21)(H,20,22). The van der Waals surface area contributed by atoms with Crippen molar-refractivity contribution in [2.45, 2.75) is 13.3 Å². The van der Waals surface area contributed by atoms with Gasteiger partial charge in [-0.3, -0.25) is 20.4 Å². The number of hydrazine groups is 1. The first-order valence-corrected chi connectivity index (χ1v) is 7.46. The van der Waals surface area contributed by atoms with Gasteiger partial charge in [0.15, 0.2) is 0 Å². The second-order valence-electron chi connectivity index (χ2n) is 4.92. The zero-order valence-electron chi connectivity index (χ0n) is 12.6. The summed E-state index contributed by atoms with van der Waals surface area (Å²) in [5.41, 5.74) is 6.17. The van der Waals surface area contributed by atoms with E-state index < -0.39 is 5.91 Å². The van der Waals surface area contributed by atoms with E-state index in [1.165, 1.54) is 0 Å². The van der Waals surface area contributed by atoms with Crippen molar-refractivity contribution in [3.05, 3.63) is 64.7 Å². The topological polar surface area (TPSA) is 67.4 Å². The molecule has 0 bridgehead atoms. The smallest absolute Gasteiger partial charge is 0.269 e. The van der Waals surface area contributed by atoms with Crippen LogP contribution >= 0.6 is 11.6 Å². The maximum Gasteiger partial charge on any atom is 0.269 e. The fourth-order valence-electron chi connectivity index (χ4n) is 1.83. The number of carbonyl (C=O) groups is 2. The van der Waals surface area contributed by atoms with E-state index in [0.29, 0.717) is 16.3 Å². The van der Waals surface area contributed by atoms with Crippen molar-refractivity contribution in [2.75, 3.05) is 6.61 Å². The minimum Gasteiger partial charge on any atom is -0.493 e. The van der Waals surface area contributed by atoms with E-state index in [4.69, 9.17) is 16.3 Å². The Hall–Kier alpha value is -2.53. The molecule has 2 aromatic carbocycles. The Balaban J connectivity index is 1.70. The van der Waals surface area contributed by atoms with Crippen LogP contribution in [0, 0.1) is 6.92 Å². The summed E-state index contributed by atoms with van der Waals surface area (Å²) in [7, 11) is 0. The average molecular weight is 333 g/mol. The van der Waals surface area contributed by atoms with Gasteiger partial charge in [-0.1, -0.05) is 23.7 Å². The summed E-state index contributed by atoms with van der Waals surface area (Å²) in [4.78, 5) is 23.5. The molecule has 2 amide bonds. The number of rotatable bonds is 5. The number of ether oxygens (including phenoxy) is 1. The van der Waals surface area contributed by atoms with E-state index in [1.807, 2.05) is 31.2 Å². The molecular formula is C17H17ClN2O3. The minimum absolute atomic E-state index is 0.134. The van der Waals surface area contributed by atoms with Crippen molar-refractivity contribution < 1.29 is 14.3 Å². The van der Waals surface area contributed by atoms with Crippen molar-refractivity contribution in [1.29, 1.82) is 0 Å². The lowest BCUT2D eigenvalue weighted by Gasteiger charge is -2.09. The molecule has 120 valence electrons. The first-order chi connectivity index (χ1) is 11.0. The average Bonchev–Trinajstić information content (AvgIpc) is 2.53. The molecule has 0 spiro atoms. The number of nitrogens with one attached hydrogen (secondary N) is 2. The third-order valence-electron chi connectivity index (χ3n) is 3.01. The highest BCUT2D eigenvalue weighted by molar-refractivity contribution is 6.30. The van der Waals surface area contributed by atoms with Crippen LogP contribution in [-0.2, 0) is 4.79 Å². The van der Waals surface area contributed by atoms with E-state index >= 15 is 0 Å². The Kier molecular flexibility index (Phi) is 6.00. The number of aryl methyl sites for hydroxylation is 1. The van der Waals surface area contributed by atoms with Gasteiger partial charge in [0.05, 0.1) is 13.0 Å². The molecule has 6 heteroatoms. The molecule has 0 heterocycles. The molecule has 0 fully saturated rings. The van der Waals surface area contributed by atoms with Crippen molar-refractivity contribution in [1.82, 2.24) is 10.9 Å². The Morgan fingerprint density at radius 1 is 1.09 bits per heavy atom. The predicted molar refractivity (Wildman–Crippen MR) is 88.4 cm³/mol. The van der Waals surface area contributed by atoms with E-state index in [0.717, 1.165) is 5.56 Å². The maximum atomic E-state index is 11.8. The molecule has 0 saturated carbocycles. The molecule has 2 rings (SSSR count). The molecule has 0 aromatic heterocycles. The third-order valence-corrected chi connectivity index (χ3v) is 3.26. The highest BCUT2D eigenvalue weighted by Crippen LogP contribution is 2.12. The number of hydrogen-bond donors (Lipinski definition) is 2. The minimum atomic E-state index is -0.408. The second-order valence-corrected chi connectivity index (χ2v) is 5.36. The van der Waals surface area contributed by atoms with Crippen LogP contribution in [-0.4, -0.2) is 18.4 Å². The molecule has 0 aliphatic carbocycles. The SMILES string of the molecule is Cc1cccc(OCCC(=O)NNC(=O)c2ccc(Cl)cc2)c1. The molecule has 0 saturated heterocycles. The summed E-state index contributed by atoms with van der Waals surface area (Å²) < 4.78 is 5.47. The summed E-state index contributed by atoms with van der Waals surface area (Å²) in [6.45, 7) is 2.19. The molecule has 0 radical (unpaired) electrons. The first kappa shape index (κ1) is 16.8. The van der Waals surface area contributed by atoms with E-state index in [1.54, 1.807) is 24.3 Å². The lowest BCUT2D eigenvalue weighted by molar-refractivity contribution is -0.122. The lowest BCUT2D eigenvalue weighted by Crippen LogP contribution is -2.42. The molecule has 0 unspecified atom stereocenters. The summed E-state index contributed by atoms with van der Waals surface area (Å²) in [5.74, 6) is -0.0300. The van der Waals surface area contributed by atoms with Gasteiger partial charge in [0.25, 0.3) is 5.91 Å². The van der Waals surface area contributed by atoms with Gasteiger partial charge in [-0.05, 0) is 48.9 Å². The zero-order chi connectivity index (χ0) is 16.7. The van der Waals surface area contributed by atoms with Crippen molar-refractivity contribution in [3.8, 4) is 5.75 Å². The second kappa shape index (κ2) is 8.19. The van der Waals surface area contributed by atoms with Crippen LogP contribution in [0.15, 0.2) is 48.5 Å². The first-order valence-electron chi connectivity index (χ1n) is 7.09. The van der Waals surface area contributed by atoms with Gasteiger partial charge in [0.1, 0.15) is 5.75 Å². The van der Waals surface area contributed by atoms with Gasteiger partial charge in [0.2, 0.25) is 5.91 Å². The van der Waals surface area contributed by atoms with Crippen molar-refractivity contribution in [3.63, 3.8) is 0 Å². The van der Waals surface area contributed by atoms with E-state index in [2.05, 4.69) is 10.9 Å². The normalized spacial score (nSPS) is 10.0. The van der Waals surface area contributed by atoms with Crippen molar-refractivity contribution >= 4 is 23.4 Å². The number of benzene rings is 2. The molecule has 0 aliphatic heterocycles. The van der Waals surface area contributed by atoms with Crippen LogP contribution in [0.3, 0.4) is 0 Å². The predicted octanol–water partition coefficient (Wildman–Crippen LogP) is 2.88. The molecule has 23 heavy (non-hydrogen) atoms. The molecule has 5 nitrogen and oxygen atoms in total. The summed E-state index contributed by atoms with van der Waals surface area (Å²) in [5, 5.41) is 0.541. The molecule has 0 aliphatic rings. The maximum absolute atomic E-state index is 11.8. The van der Waals surface area contributed by atoms with E-state index in [9.17, 15) is 9.59 Å². The van der Waals surface area contributed by atoms with Gasteiger partial charge in [-0.15, -0.1) is 0 Å². The van der Waals surface area contributed by atoms with E-state index in [-0.39, 0.29) is 18.9 Å². The highest BCUT2D eigenvalue weighted by atomic mass is 35.5. The number of hydrogen-bond acceptors (Lipinski definition) is 3. The third kappa shape index (κ3) is 5.64. The van der Waals surface area contributed by atoms with Gasteiger partial charge in [-0.2, -0.15) is 0 Å². The van der Waals surface area contributed by atoms with Gasteiger partial charge < -0.3 is 4.74 Å². The van der Waals surface area contributed by atoms with Crippen LogP contribution < -0.4 is 15.6 Å². The van der Waals surface area contributed by atoms with Gasteiger partial charge >= 0.3 is 0 Å². The monoisotopic (exact) mass is 332 g/mol. The highest BCUT2D eigenvalue weighted by Gasteiger charge is 2.07. The Morgan fingerprint density at radius 3 is 2.52 bits per heavy atom. The lowest BCUT2D eigenvalue weighted by atomic mass is 10.2. The van der Waals surface area contributed by atoms with Crippen LogP contribution in [0.1, 0.15) is 22.3 Å². The molecule has 0 atom stereocenters. The molecule has 2 aromatic rings. The largest absolute Gasteiger partial charge is 0.493 e. The van der Waals surface area contributed by atoms with Crippen LogP contribution in [0.25, 0.3) is 0 Å².